The average Bonchev–Trinajstić information content (AvgIpc) is 2.72. The Morgan fingerprint density at radius 2 is 1.29 bits per heavy atom. The third kappa shape index (κ3) is 5.70. The van der Waals surface area contributed by atoms with Crippen LogP contribution in [0, 0.1) is 0 Å². The number of rotatable bonds is 3. The molecule has 0 aromatic heterocycles. The first kappa shape index (κ1) is 27.6. The molecule has 1 fully saturated rings. The third-order valence-corrected chi connectivity index (χ3v) is 7.76. The van der Waals surface area contributed by atoms with E-state index >= 15 is 0 Å². The summed E-state index contributed by atoms with van der Waals surface area (Å²) in [5, 5.41) is 10.2. The fourth-order valence-electron chi connectivity index (χ4n) is 3.64. The molecule has 15 heteroatoms. The SMILES string of the molecule is O=S(=O)(c1cc(C(F)(F)F)cc(C(F)(F)F)c1)N1CCC(O)(c2ccc(Cl)c(C(F)(F)F)c2)CC1. The normalized spacial score (nSPS) is 18.0. The van der Waals surface area contributed by atoms with Crippen molar-refractivity contribution in [2.75, 3.05) is 13.1 Å². The number of aliphatic hydroxyl groups is 1. The molecule has 1 saturated heterocycles. The maximum absolute atomic E-state index is 13.1. The maximum atomic E-state index is 13.1. The highest BCUT2D eigenvalue weighted by atomic mass is 35.5. The van der Waals surface area contributed by atoms with Crippen molar-refractivity contribution < 1.29 is 53.0 Å². The lowest BCUT2D eigenvalue weighted by molar-refractivity contribution is -0.143. The molecule has 1 aliphatic rings. The van der Waals surface area contributed by atoms with Gasteiger partial charge in [-0.2, -0.15) is 43.8 Å². The molecule has 2 aromatic rings. The van der Waals surface area contributed by atoms with E-state index in [-0.39, 0.29) is 23.8 Å². The Morgan fingerprint density at radius 3 is 1.71 bits per heavy atom. The van der Waals surface area contributed by atoms with Crippen molar-refractivity contribution in [3.63, 3.8) is 0 Å². The van der Waals surface area contributed by atoms with Crippen molar-refractivity contribution in [3.05, 3.63) is 63.7 Å². The van der Waals surface area contributed by atoms with E-state index in [4.69, 9.17) is 11.6 Å². The van der Waals surface area contributed by atoms with E-state index in [0.29, 0.717) is 10.4 Å². The second-order valence-electron chi connectivity index (χ2n) is 7.87. The van der Waals surface area contributed by atoms with Crippen LogP contribution in [0.5, 0.6) is 0 Å². The molecule has 0 spiro atoms. The van der Waals surface area contributed by atoms with Gasteiger partial charge in [-0.3, -0.25) is 0 Å². The number of nitrogens with zero attached hydrogens (tertiary/aromatic N) is 1. The van der Waals surface area contributed by atoms with Gasteiger partial charge >= 0.3 is 18.5 Å². The smallest absolute Gasteiger partial charge is 0.385 e. The summed E-state index contributed by atoms with van der Waals surface area (Å²) in [5.74, 6) is 0. The van der Waals surface area contributed by atoms with E-state index in [0.717, 1.165) is 12.1 Å². The lowest BCUT2D eigenvalue weighted by Crippen LogP contribution is -2.45. The molecule has 0 unspecified atom stereocenters. The molecule has 1 aliphatic heterocycles. The topological polar surface area (TPSA) is 57.6 Å². The molecule has 0 aliphatic carbocycles. The van der Waals surface area contributed by atoms with E-state index in [1.165, 1.54) is 0 Å². The standard InChI is InChI=1S/C20H15ClF9NO3S/c21-16-2-1-11(10-15(16)20(28,29)30)17(32)3-5-31(6-4-17)35(33,34)14-8-12(18(22,23)24)7-13(9-14)19(25,26)27/h1-2,7-10,32H,3-6H2. The van der Waals surface area contributed by atoms with Gasteiger partial charge in [-0.05, 0) is 48.7 Å². The van der Waals surface area contributed by atoms with Gasteiger partial charge in [0.1, 0.15) is 0 Å². The molecule has 0 bridgehead atoms. The minimum absolute atomic E-state index is 0.0696. The second-order valence-corrected chi connectivity index (χ2v) is 10.2. The fourth-order valence-corrected chi connectivity index (χ4v) is 5.38. The summed E-state index contributed by atoms with van der Waals surface area (Å²) < 4.78 is 144. The molecule has 3 rings (SSSR count). The number of sulfonamides is 1. The molecule has 4 nitrogen and oxygen atoms in total. The molecule has 194 valence electrons. The monoisotopic (exact) mass is 555 g/mol. The van der Waals surface area contributed by atoms with Crippen LogP contribution in [-0.2, 0) is 34.2 Å². The van der Waals surface area contributed by atoms with Crippen molar-refractivity contribution >= 4 is 21.6 Å². The van der Waals surface area contributed by atoms with Crippen LogP contribution in [0.2, 0.25) is 5.02 Å². The minimum Gasteiger partial charge on any atom is -0.385 e. The zero-order valence-electron chi connectivity index (χ0n) is 17.2. The molecule has 35 heavy (non-hydrogen) atoms. The van der Waals surface area contributed by atoms with E-state index in [9.17, 15) is 53.0 Å². The highest BCUT2D eigenvalue weighted by Gasteiger charge is 2.43. The molecular formula is C20H15ClF9NO3S. The van der Waals surface area contributed by atoms with Crippen LogP contribution in [0.3, 0.4) is 0 Å². The second kappa shape index (κ2) is 8.82. The summed E-state index contributed by atoms with van der Waals surface area (Å²) >= 11 is 5.56. The van der Waals surface area contributed by atoms with Gasteiger partial charge in [-0.15, -0.1) is 0 Å². The predicted octanol–water partition coefficient (Wildman–Crippen LogP) is 6.07. The van der Waals surface area contributed by atoms with Crippen LogP contribution in [0.4, 0.5) is 39.5 Å². The Labute approximate surface area is 198 Å². The lowest BCUT2D eigenvalue weighted by atomic mass is 9.84. The fraction of sp³-hybridized carbons (Fsp3) is 0.400. The Balaban J connectivity index is 1.92. The van der Waals surface area contributed by atoms with Crippen LogP contribution in [0.1, 0.15) is 35.1 Å². The first-order valence-corrected chi connectivity index (χ1v) is 11.5. The molecule has 1 N–H and O–H groups in total. The van der Waals surface area contributed by atoms with Gasteiger partial charge in [0.2, 0.25) is 10.0 Å². The highest BCUT2D eigenvalue weighted by Crippen LogP contribution is 2.42. The van der Waals surface area contributed by atoms with Gasteiger partial charge in [0.05, 0.1) is 32.2 Å². The zero-order valence-corrected chi connectivity index (χ0v) is 18.8. The van der Waals surface area contributed by atoms with Gasteiger partial charge in [0.25, 0.3) is 0 Å². The Morgan fingerprint density at radius 1 is 0.800 bits per heavy atom. The number of halogens is 10. The molecule has 0 radical (unpaired) electrons. The largest absolute Gasteiger partial charge is 0.417 e. The molecule has 0 amide bonds. The Hall–Kier alpha value is -2.03. The number of hydrogen-bond acceptors (Lipinski definition) is 3. The van der Waals surface area contributed by atoms with Crippen LogP contribution in [0.15, 0.2) is 41.3 Å². The first-order chi connectivity index (χ1) is 15.7. The van der Waals surface area contributed by atoms with Crippen LogP contribution < -0.4 is 0 Å². The van der Waals surface area contributed by atoms with E-state index in [1.54, 1.807) is 0 Å². The lowest BCUT2D eigenvalue weighted by Gasteiger charge is -2.38. The Bertz CT molecular complexity index is 1180. The summed E-state index contributed by atoms with van der Waals surface area (Å²) in [5.41, 5.74) is -7.03. The number of hydrogen-bond donors (Lipinski definition) is 1. The minimum atomic E-state index is -5.27. The summed E-state index contributed by atoms with van der Waals surface area (Å²) in [6.45, 7) is -1.17. The van der Waals surface area contributed by atoms with Crippen molar-refractivity contribution in [2.45, 2.75) is 41.9 Å². The van der Waals surface area contributed by atoms with Crippen LogP contribution in [0.25, 0.3) is 0 Å². The van der Waals surface area contributed by atoms with Crippen LogP contribution in [-0.4, -0.2) is 30.9 Å². The summed E-state index contributed by atoms with van der Waals surface area (Å²) in [4.78, 5) is -1.25. The van der Waals surface area contributed by atoms with E-state index in [1.807, 2.05) is 0 Å². The number of alkyl halides is 9. The van der Waals surface area contributed by atoms with Crippen molar-refractivity contribution in [3.8, 4) is 0 Å². The van der Waals surface area contributed by atoms with Gasteiger partial charge in [-0.1, -0.05) is 17.7 Å². The maximum Gasteiger partial charge on any atom is 0.417 e. The third-order valence-electron chi connectivity index (χ3n) is 5.56. The number of piperidine rings is 1. The zero-order chi connectivity index (χ0) is 26.6. The first-order valence-electron chi connectivity index (χ1n) is 9.64. The van der Waals surface area contributed by atoms with E-state index < -0.39 is 86.7 Å². The van der Waals surface area contributed by atoms with Crippen LogP contribution >= 0.6 is 11.6 Å². The quantitative estimate of drug-likeness (QED) is 0.468. The van der Waals surface area contributed by atoms with Gasteiger partial charge in [-0.25, -0.2) is 8.42 Å². The van der Waals surface area contributed by atoms with E-state index in [2.05, 4.69) is 0 Å². The average molecular weight is 556 g/mol. The summed E-state index contributed by atoms with van der Waals surface area (Å²) in [6, 6.07) is 2.55. The summed E-state index contributed by atoms with van der Waals surface area (Å²) in [6.07, 6.45) is -16.3. The highest BCUT2D eigenvalue weighted by molar-refractivity contribution is 7.89. The van der Waals surface area contributed by atoms with Gasteiger partial charge < -0.3 is 5.11 Å². The Kier molecular flexibility index (Phi) is 6.94. The molecular weight excluding hydrogens is 541 g/mol. The molecule has 2 aromatic carbocycles. The van der Waals surface area contributed by atoms with Crippen molar-refractivity contribution in [1.82, 2.24) is 4.31 Å². The predicted molar refractivity (Wildman–Crippen MR) is 105 cm³/mol. The van der Waals surface area contributed by atoms with Gasteiger partial charge in [0.15, 0.2) is 0 Å². The van der Waals surface area contributed by atoms with Crippen molar-refractivity contribution in [1.29, 1.82) is 0 Å². The summed E-state index contributed by atoms with van der Waals surface area (Å²) in [7, 11) is -4.88. The van der Waals surface area contributed by atoms with Crippen molar-refractivity contribution in [2.24, 2.45) is 0 Å². The van der Waals surface area contributed by atoms with Gasteiger partial charge in [0, 0.05) is 13.1 Å². The molecule has 0 atom stereocenters. The molecule has 0 saturated carbocycles. The number of benzene rings is 2. The molecule has 1 heterocycles.